The second-order valence-electron chi connectivity index (χ2n) is 7.48. The number of ether oxygens (including phenoxy) is 1. The zero-order chi connectivity index (χ0) is 13.9. The van der Waals surface area contributed by atoms with Gasteiger partial charge in [0.2, 0.25) is 0 Å². The van der Waals surface area contributed by atoms with Gasteiger partial charge in [0.1, 0.15) is 6.10 Å². The van der Waals surface area contributed by atoms with Crippen LogP contribution in [0.25, 0.3) is 0 Å². The molecule has 4 rings (SSSR count). The van der Waals surface area contributed by atoms with Gasteiger partial charge in [-0.1, -0.05) is 20.3 Å². The van der Waals surface area contributed by atoms with Crippen LogP contribution < -0.4 is 0 Å². The Morgan fingerprint density at radius 2 is 2.05 bits per heavy atom. The second kappa shape index (κ2) is 4.72. The average molecular weight is 277 g/mol. The maximum atomic E-state index is 12.1. The molecule has 3 saturated heterocycles. The summed E-state index contributed by atoms with van der Waals surface area (Å²) in [6.07, 6.45) is 6.77. The van der Waals surface area contributed by atoms with Gasteiger partial charge in [0.05, 0.1) is 5.92 Å². The summed E-state index contributed by atoms with van der Waals surface area (Å²) in [6.45, 7) is 6.95. The van der Waals surface area contributed by atoms with Gasteiger partial charge < -0.3 is 4.74 Å². The monoisotopic (exact) mass is 277 g/mol. The maximum absolute atomic E-state index is 12.1. The van der Waals surface area contributed by atoms with E-state index in [2.05, 4.69) is 18.7 Å². The molecule has 112 valence electrons. The van der Waals surface area contributed by atoms with Gasteiger partial charge in [-0.05, 0) is 50.6 Å². The molecule has 0 N–H and O–H groups in total. The number of rotatable bonds is 1. The molecular formula is C17H27NO2. The van der Waals surface area contributed by atoms with Crippen LogP contribution in [0.2, 0.25) is 0 Å². The predicted octanol–water partition coefficient (Wildman–Crippen LogP) is 2.69. The molecule has 0 spiro atoms. The lowest BCUT2D eigenvalue weighted by Gasteiger charge is -2.48. The van der Waals surface area contributed by atoms with Crippen molar-refractivity contribution in [2.24, 2.45) is 29.6 Å². The van der Waals surface area contributed by atoms with E-state index in [4.69, 9.17) is 4.74 Å². The highest BCUT2D eigenvalue weighted by Crippen LogP contribution is 2.55. The van der Waals surface area contributed by atoms with Crippen molar-refractivity contribution in [3.8, 4) is 0 Å². The van der Waals surface area contributed by atoms with Crippen molar-refractivity contribution in [1.82, 2.24) is 4.90 Å². The van der Waals surface area contributed by atoms with Crippen molar-refractivity contribution >= 4 is 5.97 Å². The first-order valence-corrected chi connectivity index (χ1v) is 8.67. The van der Waals surface area contributed by atoms with E-state index in [-0.39, 0.29) is 18.0 Å². The Morgan fingerprint density at radius 3 is 2.85 bits per heavy atom. The molecule has 3 nitrogen and oxygen atoms in total. The highest BCUT2D eigenvalue weighted by molar-refractivity contribution is 5.75. The van der Waals surface area contributed by atoms with Crippen LogP contribution in [0.5, 0.6) is 0 Å². The van der Waals surface area contributed by atoms with Crippen molar-refractivity contribution in [2.75, 3.05) is 13.1 Å². The summed E-state index contributed by atoms with van der Waals surface area (Å²) in [5.74, 6) is 2.80. The molecule has 0 unspecified atom stereocenters. The summed E-state index contributed by atoms with van der Waals surface area (Å²) >= 11 is 0. The Bertz CT molecular complexity index is 410. The Kier molecular flexibility index (Phi) is 3.10. The fourth-order valence-electron chi connectivity index (χ4n) is 6.04. The van der Waals surface area contributed by atoms with Crippen molar-refractivity contribution in [3.63, 3.8) is 0 Å². The number of hydrogen-bond donors (Lipinski definition) is 0. The van der Waals surface area contributed by atoms with Gasteiger partial charge >= 0.3 is 5.97 Å². The molecule has 4 aliphatic rings. The molecule has 0 radical (unpaired) electrons. The number of fused-ring (bicyclic) bond motifs is 2. The fourth-order valence-corrected chi connectivity index (χ4v) is 6.04. The lowest BCUT2D eigenvalue weighted by Crippen LogP contribution is -2.53. The summed E-state index contributed by atoms with van der Waals surface area (Å²) in [7, 11) is 0. The van der Waals surface area contributed by atoms with Crippen LogP contribution in [0.15, 0.2) is 0 Å². The van der Waals surface area contributed by atoms with Gasteiger partial charge in [-0.3, -0.25) is 9.69 Å². The fraction of sp³-hybridized carbons (Fsp3) is 0.941. The SMILES string of the molecule is CC[C@@H]1[C@H]2CCCCN3CC[C@H]([C@@H]4[C@H]1OC(=O)[C@H]4C)[C@H]23. The van der Waals surface area contributed by atoms with Crippen molar-refractivity contribution in [2.45, 2.75) is 58.1 Å². The molecule has 3 heterocycles. The van der Waals surface area contributed by atoms with Gasteiger partial charge in [-0.15, -0.1) is 0 Å². The quantitative estimate of drug-likeness (QED) is 0.690. The second-order valence-corrected chi connectivity index (χ2v) is 7.48. The molecule has 4 fully saturated rings. The summed E-state index contributed by atoms with van der Waals surface area (Å²) < 4.78 is 5.86. The Labute approximate surface area is 122 Å². The van der Waals surface area contributed by atoms with E-state index in [1.807, 2.05) is 0 Å². The summed E-state index contributed by atoms with van der Waals surface area (Å²) in [5, 5.41) is 0. The van der Waals surface area contributed by atoms with Crippen LogP contribution in [0, 0.1) is 29.6 Å². The van der Waals surface area contributed by atoms with Gasteiger partial charge in [-0.25, -0.2) is 0 Å². The third kappa shape index (κ3) is 1.65. The minimum atomic E-state index is 0.0772. The maximum Gasteiger partial charge on any atom is 0.309 e. The molecule has 0 aromatic carbocycles. The van der Waals surface area contributed by atoms with E-state index >= 15 is 0 Å². The molecule has 1 saturated carbocycles. The number of esters is 1. The molecule has 1 aliphatic carbocycles. The van der Waals surface area contributed by atoms with Crippen molar-refractivity contribution < 1.29 is 9.53 Å². The minimum absolute atomic E-state index is 0.0772. The number of carbonyl (C=O) groups is 1. The van der Waals surface area contributed by atoms with Crippen LogP contribution in [-0.2, 0) is 9.53 Å². The molecule has 3 heteroatoms. The van der Waals surface area contributed by atoms with E-state index < -0.39 is 0 Å². The molecule has 0 amide bonds. The topological polar surface area (TPSA) is 29.5 Å². The molecule has 7 atom stereocenters. The van der Waals surface area contributed by atoms with Crippen LogP contribution >= 0.6 is 0 Å². The Morgan fingerprint density at radius 1 is 1.20 bits per heavy atom. The highest BCUT2D eigenvalue weighted by atomic mass is 16.6. The average Bonchev–Trinajstić information content (AvgIpc) is 2.89. The molecule has 0 aromatic heterocycles. The van der Waals surface area contributed by atoms with Gasteiger partial charge in [0.15, 0.2) is 0 Å². The third-order valence-electron chi connectivity index (χ3n) is 6.80. The van der Waals surface area contributed by atoms with Crippen molar-refractivity contribution in [1.29, 1.82) is 0 Å². The van der Waals surface area contributed by atoms with Gasteiger partial charge in [-0.2, -0.15) is 0 Å². The van der Waals surface area contributed by atoms with E-state index in [1.165, 1.54) is 45.2 Å². The zero-order valence-corrected chi connectivity index (χ0v) is 12.8. The van der Waals surface area contributed by atoms with Gasteiger partial charge in [0.25, 0.3) is 0 Å². The van der Waals surface area contributed by atoms with Gasteiger partial charge in [0, 0.05) is 17.9 Å². The normalized spacial score (nSPS) is 51.3. The molecular weight excluding hydrogens is 250 g/mol. The number of nitrogens with zero attached hydrogens (tertiary/aromatic N) is 1. The molecule has 20 heavy (non-hydrogen) atoms. The zero-order valence-electron chi connectivity index (χ0n) is 12.8. The lowest BCUT2D eigenvalue weighted by molar-refractivity contribution is -0.148. The lowest BCUT2D eigenvalue weighted by atomic mass is 9.60. The first-order valence-electron chi connectivity index (χ1n) is 8.67. The van der Waals surface area contributed by atoms with E-state index in [0.717, 1.165) is 12.0 Å². The largest absolute Gasteiger partial charge is 0.462 e. The Hall–Kier alpha value is -0.570. The predicted molar refractivity (Wildman–Crippen MR) is 77.1 cm³/mol. The van der Waals surface area contributed by atoms with Crippen LogP contribution in [0.1, 0.15) is 46.0 Å². The van der Waals surface area contributed by atoms with E-state index in [1.54, 1.807) is 0 Å². The third-order valence-corrected chi connectivity index (χ3v) is 6.80. The summed E-state index contributed by atoms with van der Waals surface area (Å²) in [4.78, 5) is 14.9. The Balaban J connectivity index is 1.74. The number of hydrogen-bond acceptors (Lipinski definition) is 3. The van der Waals surface area contributed by atoms with Crippen LogP contribution in [-0.4, -0.2) is 36.1 Å². The first-order chi connectivity index (χ1) is 9.72. The number of carbonyl (C=O) groups excluding carboxylic acids is 1. The smallest absolute Gasteiger partial charge is 0.309 e. The van der Waals surface area contributed by atoms with Crippen molar-refractivity contribution in [3.05, 3.63) is 0 Å². The standard InChI is InChI=1S/C17H27NO2/c1-3-11-12-6-4-5-8-18-9-7-13(15(12)18)14-10(2)17(19)20-16(11)14/h10-16H,3-9H2,1-2H3/t10-,11+,12+,13+,14+,15-,16-/m0/s1. The summed E-state index contributed by atoms with van der Waals surface area (Å²) in [6, 6.07) is 0.751. The molecule has 3 aliphatic heterocycles. The molecule has 0 aromatic rings. The van der Waals surface area contributed by atoms with Crippen LogP contribution in [0.4, 0.5) is 0 Å². The van der Waals surface area contributed by atoms with Crippen LogP contribution in [0.3, 0.4) is 0 Å². The summed E-state index contributed by atoms with van der Waals surface area (Å²) in [5.41, 5.74) is 0. The highest BCUT2D eigenvalue weighted by Gasteiger charge is 2.60. The minimum Gasteiger partial charge on any atom is -0.462 e. The van der Waals surface area contributed by atoms with E-state index in [0.29, 0.717) is 17.8 Å². The molecule has 0 bridgehead atoms. The van der Waals surface area contributed by atoms with E-state index in [9.17, 15) is 4.79 Å². The first kappa shape index (κ1) is 13.1.